The number of allylic oxidation sites excluding steroid dienone is 6. The lowest BCUT2D eigenvalue weighted by Crippen LogP contribution is -2.54. The SMILES string of the molecule is O=C(NC1(CO)CCOCC1)C1=C2C=CC=C2C=C1. The second-order valence-corrected chi connectivity index (χ2v) is 5.15. The van der Waals surface area contributed by atoms with Gasteiger partial charge in [-0.05, 0) is 30.1 Å². The lowest BCUT2D eigenvalue weighted by atomic mass is 9.90. The molecule has 1 amide bonds. The van der Waals surface area contributed by atoms with E-state index < -0.39 is 5.54 Å². The molecule has 100 valence electrons. The van der Waals surface area contributed by atoms with Gasteiger partial charge in [0.05, 0.1) is 12.1 Å². The first kappa shape index (κ1) is 12.4. The molecule has 2 N–H and O–H groups in total. The van der Waals surface area contributed by atoms with Gasteiger partial charge >= 0.3 is 0 Å². The summed E-state index contributed by atoms with van der Waals surface area (Å²) in [5.41, 5.74) is 2.19. The van der Waals surface area contributed by atoms with E-state index in [0.29, 0.717) is 31.6 Å². The minimum absolute atomic E-state index is 0.0486. The Morgan fingerprint density at radius 3 is 2.84 bits per heavy atom. The molecule has 0 unspecified atom stereocenters. The first-order valence-corrected chi connectivity index (χ1v) is 6.56. The molecule has 0 aromatic carbocycles. The molecule has 1 heterocycles. The highest BCUT2D eigenvalue weighted by Crippen LogP contribution is 2.30. The number of amides is 1. The molecule has 2 aliphatic carbocycles. The molecular weight excluding hydrogens is 242 g/mol. The molecule has 3 aliphatic rings. The minimum atomic E-state index is -0.536. The van der Waals surface area contributed by atoms with Crippen LogP contribution in [0, 0.1) is 0 Å². The molecule has 1 saturated heterocycles. The Balaban J connectivity index is 1.78. The molecular formula is C15H17NO3. The summed E-state index contributed by atoms with van der Waals surface area (Å²) in [7, 11) is 0. The fraction of sp³-hybridized carbons (Fsp3) is 0.400. The molecule has 4 heteroatoms. The molecule has 0 atom stereocenters. The number of rotatable bonds is 3. The molecule has 0 saturated carbocycles. The van der Waals surface area contributed by atoms with Gasteiger partial charge in [-0.15, -0.1) is 0 Å². The fourth-order valence-electron chi connectivity index (χ4n) is 2.68. The maximum absolute atomic E-state index is 12.4. The van der Waals surface area contributed by atoms with Crippen molar-refractivity contribution in [3.8, 4) is 0 Å². The number of nitrogens with one attached hydrogen (secondary N) is 1. The summed E-state index contributed by atoms with van der Waals surface area (Å²) in [6, 6.07) is 0. The van der Waals surface area contributed by atoms with Gasteiger partial charge in [-0.2, -0.15) is 0 Å². The van der Waals surface area contributed by atoms with Crippen molar-refractivity contribution in [1.82, 2.24) is 5.32 Å². The number of aliphatic hydroxyl groups excluding tert-OH is 1. The third kappa shape index (κ3) is 2.17. The van der Waals surface area contributed by atoms with Crippen LogP contribution >= 0.6 is 0 Å². The van der Waals surface area contributed by atoms with Crippen molar-refractivity contribution in [2.24, 2.45) is 0 Å². The molecule has 0 aromatic rings. The van der Waals surface area contributed by atoms with Crippen LogP contribution in [0.15, 0.2) is 47.1 Å². The minimum Gasteiger partial charge on any atom is -0.394 e. The number of fused-ring (bicyclic) bond motifs is 1. The topological polar surface area (TPSA) is 58.6 Å². The van der Waals surface area contributed by atoms with Crippen molar-refractivity contribution in [1.29, 1.82) is 0 Å². The van der Waals surface area contributed by atoms with Gasteiger partial charge < -0.3 is 15.2 Å². The number of aliphatic hydroxyl groups is 1. The van der Waals surface area contributed by atoms with Crippen molar-refractivity contribution in [2.75, 3.05) is 19.8 Å². The zero-order valence-electron chi connectivity index (χ0n) is 10.7. The summed E-state index contributed by atoms with van der Waals surface area (Å²) < 4.78 is 5.29. The molecule has 4 nitrogen and oxygen atoms in total. The quantitative estimate of drug-likeness (QED) is 0.795. The van der Waals surface area contributed by atoms with Gasteiger partial charge in [0.15, 0.2) is 0 Å². The summed E-state index contributed by atoms with van der Waals surface area (Å²) in [5.74, 6) is -0.114. The van der Waals surface area contributed by atoms with Crippen LogP contribution in [0.2, 0.25) is 0 Å². The molecule has 0 bridgehead atoms. The first-order valence-electron chi connectivity index (χ1n) is 6.56. The molecule has 1 fully saturated rings. The van der Waals surface area contributed by atoms with Gasteiger partial charge in [-0.25, -0.2) is 0 Å². The molecule has 0 radical (unpaired) electrons. The third-order valence-electron chi connectivity index (χ3n) is 3.95. The van der Waals surface area contributed by atoms with Gasteiger partial charge in [-0.3, -0.25) is 4.79 Å². The lowest BCUT2D eigenvalue weighted by Gasteiger charge is -2.36. The number of hydrogen-bond acceptors (Lipinski definition) is 3. The monoisotopic (exact) mass is 259 g/mol. The van der Waals surface area contributed by atoms with Crippen molar-refractivity contribution in [3.63, 3.8) is 0 Å². The fourth-order valence-corrected chi connectivity index (χ4v) is 2.68. The van der Waals surface area contributed by atoms with Gasteiger partial charge in [-0.1, -0.05) is 24.3 Å². The van der Waals surface area contributed by atoms with E-state index >= 15 is 0 Å². The molecule has 0 aromatic heterocycles. The van der Waals surface area contributed by atoms with E-state index in [0.717, 1.165) is 11.1 Å². The van der Waals surface area contributed by atoms with Gasteiger partial charge in [0.1, 0.15) is 0 Å². The molecule has 3 rings (SSSR count). The summed E-state index contributed by atoms with van der Waals surface area (Å²) in [6.45, 7) is 1.11. The second kappa shape index (κ2) is 4.79. The van der Waals surface area contributed by atoms with E-state index in [-0.39, 0.29) is 12.5 Å². The molecule has 1 aliphatic heterocycles. The lowest BCUT2D eigenvalue weighted by molar-refractivity contribution is -0.121. The van der Waals surface area contributed by atoms with E-state index in [4.69, 9.17) is 4.74 Å². The van der Waals surface area contributed by atoms with Gasteiger partial charge in [0.25, 0.3) is 5.91 Å². The average Bonchev–Trinajstić information content (AvgIpc) is 3.02. The zero-order valence-corrected chi connectivity index (χ0v) is 10.7. The smallest absolute Gasteiger partial charge is 0.252 e. The van der Waals surface area contributed by atoms with Crippen LogP contribution in [-0.4, -0.2) is 36.4 Å². The summed E-state index contributed by atoms with van der Waals surface area (Å²) in [6.07, 6.45) is 11.0. The average molecular weight is 259 g/mol. The molecule has 19 heavy (non-hydrogen) atoms. The summed E-state index contributed by atoms with van der Waals surface area (Å²) >= 11 is 0. The molecule has 0 spiro atoms. The van der Waals surface area contributed by atoms with Gasteiger partial charge in [0, 0.05) is 18.8 Å². The van der Waals surface area contributed by atoms with Crippen LogP contribution in [-0.2, 0) is 9.53 Å². The Labute approximate surface area is 112 Å². The number of hydrogen-bond donors (Lipinski definition) is 2. The first-order chi connectivity index (χ1) is 9.24. The normalized spacial score (nSPS) is 23.5. The highest BCUT2D eigenvalue weighted by atomic mass is 16.5. The summed E-state index contributed by atoms with van der Waals surface area (Å²) in [5, 5.41) is 12.6. The van der Waals surface area contributed by atoms with Crippen molar-refractivity contribution in [3.05, 3.63) is 47.1 Å². The highest BCUT2D eigenvalue weighted by molar-refractivity contribution is 6.01. The van der Waals surface area contributed by atoms with Crippen molar-refractivity contribution in [2.45, 2.75) is 18.4 Å². The van der Waals surface area contributed by atoms with E-state index in [9.17, 15) is 9.90 Å². The van der Waals surface area contributed by atoms with Crippen LogP contribution in [0.4, 0.5) is 0 Å². The van der Waals surface area contributed by atoms with Crippen LogP contribution in [0.1, 0.15) is 12.8 Å². The number of carbonyl (C=O) groups excluding carboxylic acids is 1. The number of ether oxygens (including phenoxy) is 1. The second-order valence-electron chi connectivity index (χ2n) is 5.15. The van der Waals surface area contributed by atoms with E-state index in [1.54, 1.807) is 0 Å². The van der Waals surface area contributed by atoms with E-state index in [1.807, 2.05) is 30.4 Å². The largest absolute Gasteiger partial charge is 0.394 e. The zero-order chi connectivity index (χ0) is 13.3. The van der Waals surface area contributed by atoms with Crippen LogP contribution in [0.5, 0.6) is 0 Å². The Morgan fingerprint density at radius 2 is 2.11 bits per heavy atom. The standard InChI is InChI=1S/C15H17NO3/c17-10-15(6-8-19-9-7-15)16-14(18)13-5-4-11-2-1-3-12(11)13/h1-5,17H,6-10H2,(H,16,18). The van der Waals surface area contributed by atoms with Crippen LogP contribution in [0.25, 0.3) is 0 Å². The van der Waals surface area contributed by atoms with Crippen LogP contribution in [0.3, 0.4) is 0 Å². The van der Waals surface area contributed by atoms with Crippen molar-refractivity contribution < 1.29 is 14.6 Å². The Kier molecular flexibility index (Phi) is 3.12. The van der Waals surface area contributed by atoms with Crippen LogP contribution < -0.4 is 5.32 Å². The third-order valence-corrected chi connectivity index (χ3v) is 3.95. The maximum Gasteiger partial charge on any atom is 0.252 e. The Bertz CT molecular complexity index is 520. The van der Waals surface area contributed by atoms with Gasteiger partial charge in [0.2, 0.25) is 0 Å². The van der Waals surface area contributed by atoms with E-state index in [1.165, 1.54) is 0 Å². The highest BCUT2D eigenvalue weighted by Gasteiger charge is 2.35. The summed E-state index contributed by atoms with van der Waals surface area (Å²) in [4.78, 5) is 12.4. The van der Waals surface area contributed by atoms with Crippen molar-refractivity contribution >= 4 is 5.91 Å². The Morgan fingerprint density at radius 1 is 1.32 bits per heavy atom. The Hall–Kier alpha value is -1.65. The van der Waals surface area contributed by atoms with E-state index in [2.05, 4.69) is 5.32 Å². The maximum atomic E-state index is 12.4. The predicted octanol–water partition coefficient (Wildman–Crippen LogP) is 1.01. The number of carbonyl (C=O) groups is 1. The predicted molar refractivity (Wildman–Crippen MR) is 71.4 cm³/mol.